The number of nitriles is 1. The van der Waals surface area contributed by atoms with Crippen LogP contribution in [-0.4, -0.2) is 37.9 Å². The molecule has 0 spiro atoms. The second kappa shape index (κ2) is 9.27. The van der Waals surface area contributed by atoms with E-state index >= 15 is 0 Å². The van der Waals surface area contributed by atoms with E-state index in [1.165, 1.54) is 0 Å². The van der Waals surface area contributed by atoms with E-state index in [2.05, 4.69) is 12.2 Å². The lowest BCUT2D eigenvalue weighted by Gasteiger charge is -2.32. The number of nitro groups is 1. The van der Waals surface area contributed by atoms with Crippen LogP contribution in [0.3, 0.4) is 0 Å². The molecule has 35 heavy (non-hydrogen) atoms. The van der Waals surface area contributed by atoms with Gasteiger partial charge in [-0.1, -0.05) is 0 Å². The van der Waals surface area contributed by atoms with Crippen molar-refractivity contribution in [1.82, 2.24) is 0 Å². The smallest absolute Gasteiger partial charge is 0.258 e. The molecule has 0 unspecified atom stereocenters. The van der Waals surface area contributed by atoms with Crippen LogP contribution in [0, 0.1) is 21.4 Å². The summed E-state index contributed by atoms with van der Waals surface area (Å²) in [6.45, 7) is 0. The number of nitrogens with zero attached hydrogens (tertiary/aromatic N) is 4. The molecule has 0 fully saturated rings. The lowest BCUT2D eigenvalue weighted by Crippen LogP contribution is -2.55. The number of non-ortho nitro benzene ring substituents is 1. The van der Waals surface area contributed by atoms with Crippen LogP contribution in [0.4, 0.5) is 43.4 Å². The number of alkyl halides is 6. The van der Waals surface area contributed by atoms with Gasteiger partial charge in [0.25, 0.3) is 5.69 Å². The van der Waals surface area contributed by atoms with Crippen LogP contribution in [0.1, 0.15) is 5.56 Å². The Bertz CT molecular complexity index is 1400. The molecule has 2 aromatic rings. The monoisotopic (exact) mass is 562 g/mol. The molecule has 0 atom stereocenters. The van der Waals surface area contributed by atoms with E-state index in [0.29, 0.717) is 36.4 Å². The first-order valence-electron chi connectivity index (χ1n) is 8.38. The van der Waals surface area contributed by atoms with Crippen LogP contribution in [0.25, 0.3) is 0 Å². The third-order valence-corrected chi connectivity index (χ3v) is 7.43. The van der Waals surface area contributed by atoms with E-state index in [-0.39, 0.29) is 5.56 Å². The molecule has 19 heteroatoms. The highest BCUT2D eigenvalue weighted by Crippen LogP contribution is 2.37. The summed E-state index contributed by atoms with van der Waals surface area (Å²) in [5, 5.41) is 17.6. The van der Waals surface area contributed by atoms with Crippen molar-refractivity contribution in [3.63, 3.8) is 0 Å². The van der Waals surface area contributed by atoms with Gasteiger partial charge in [0, 0.05) is 12.1 Å². The summed E-state index contributed by atoms with van der Waals surface area (Å²) in [4.78, 5) is 9.78. The van der Waals surface area contributed by atoms with E-state index in [1.807, 2.05) is 0 Å². The van der Waals surface area contributed by atoms with E-state index in [4.69, 9.17) is 5.26 Å². The molecule has 0 aromatic heterocycles. The minimum atomic E-state index is -6.70. The van der Waals surface area contributed by atoms with E-state index < -0.39 is 66.8 Å². The minimum absolute atomic E-state index is 0.195. The molecule has 2 aromatic carbocycles. The summed E-state index contributed by atoms with van der Waals surface area (Å²) in [7, 11) is -13.4. The van der Waals surface area contributed by atoms with E-state index in [9.17, 15) is 53.3 Å². The Morgan fingerprint density at radius 3 is 1.46 bits per heavy atom. The summed E-state index contributed by atoms with van der Waals surface area (Å²) < 4.78 is 128. The molecule has 0 aliphatic carbocycles. The highest BCUT2D eigenvalue weighted by Gasteiger charge is 2.57. The van der Waals surface area contributed by atoms with Crippen molar-refractivity contribution < 1.29 is 48.1 Å². The lowest BCUT2D eigenvalue weighted by molar-refractivity contribution is -0.384. The number of halogens is 6. The Morgan fingerprint density at radius 2 is 1.17 bits per heavy atom. The van der Waals surface area contributed by atoms with Crippen LogP contribution in [0.2, 0.25) is 0 Å². The standard InChI is InChI=1S/C16H8F6N4O6S3/c17-15(18,19)34(29,30)24(11-3-1-10(9-23)2-4-11)14(33)25(35(31,32)16(20,21)22)12-5-7-13(8-6-12)26(27)28/h1-8H. The maximum absolute atomic E-state index is 13.4. The first-order chi connectivity index (χ1) is 15.9. The van der Waals surface area contributed by atoms with E-state index in [0.717, 1.165) is 12.1 Å². The van der Waals surface area contributed by atoms with Crippen molar-refractivity contribution in [2.45, 2.75) is 11.0 Å². The average Bonchev–Trinajstić information content (AvgIpc) is 2.73. The number of benzene rings is 2. The van der Waals surface area contributed by atoms with E-state index in [1.54, 1.807) is 6.07 Å². The third kappa shape index (κ3) is 5.28. The highest BCUT2D eigenvalue weighted by molar-refractivity contribution is 7.99. The molecule has 0 radical (unpaired) electrons. The Hall–Kier alpha value is -3.50. The number of hydrogen-bond donors (Lipinski definition) is 0. The molecule has 10 nitrogen and oxygen atoms in total. The van der Waals surface area contributed by atoms with Gasteiger partial charge in [-0.25, -0.2) is 8.61 Å². The summed E-state index contributed by atoms with van der Waals surface area (Å²) in [5.41, 5.74) is -15.5. The van der Waals surface area contributed by atoms with Gasteiger partial charge in [0.05, 0.1) is 27.9 Å². The molecule has 188 valence electrons. The first kappa shape index (κ1) is 27.7. The second-order valence-corrected chi connectivity index (χ2v) is 10.1. The average molecular weight is 562 g/mol. The number of anilines is 2. The molecule has 0 saturated heterocycles. The zero-order valence-corrected chi connectivity index (χ0v) is 18.8. The number of sulfonamides is 2. The van der Waals surface area contributed by atoms with Gasteiger partial charge >= 0.3 is 31.1 Å². The Labute approximate surface area is 197 Å². The fourth-order valence-electron chi connectivity index (χ4n) is 2.37. The molecule has 0 aliphatic rings. The normalized spacial score (nSPS) is 12.5. The SMILES string of the molecule is N#Cc1ccc(N(C(=S)N(c2ccc([N+](=O)[O-])cc2)S(=O)(=O)C(F)(F)F)S(=O)(=O)C(F)(F)F)cc1. The van der Waals surface area contributed by atoms with Gasteiger partial charge in [-0.3, -0.25) is 10.1 Å². The zero-order valence-electron chi connectivity index (χ0n) is 16.3. The van der Waals surface area contributed by atoms with Crippen LogP contribution in [0.5, 0.6) is 0 Å². The predicted molar refractivity (Wildman–Crippen MR) is 112 cm³/mol. The fourth-order valence-corrected chi connectivity index (χ4v) is 5.01. The molecule has 0 N–H and O–H groups in total. The van der Waals surface area contributed by atoms with Crippen LogP contribution >= 0.6 is 12.2 Å². The van der Waals surface area contributed by atoms with Crippen molar-refractivity contribution in [2.75, 3.05) is 8.61 Å². The Kier molecular flexibility index (Phi) is 7.35. The molecular weight excluding hydrogens is 554 g/mol. The van der Waals surface area contributed by atoms with Gasteiger partial charge in [0.1, 0.15) is 0 Å². The Morgan fingerprint density at radius 1 is 0.829 bits per heavy atom. The van der Waals surface area contributed by atoms with Gasteiger partial charge in [-0.05, 0) is 48.6 Å². The molecule has 0 amide bonds. The Balaban J connectivity index is 2.88. The van der Waals surface area contributed by atoms with Crippen molar-refractivity contribution in [2.24, 2.45) is 0 Å². The summed E-state index contributed by atoms with van der Waals surface area (Å²) in [6, 6.07) is 6.15. The summed E-state index contributed by atoms with van der Waals surface area (Å²) in [6.07, 6.45) is 0. The first-order valence-corrected chi connectivity index (χ1v) is 11.7. The van der Waals surface area contributed by atoms with Crippen molar-refractivity contribution in [3.8, 4) is 6.07 Å². The molecule has 0 saturated carbocycles. The molecular formula is C16H8F6N4O6S3. The van der Waals surface area contributed by atoms with Gasteiger partial charge < -0.3 is 0 Å². The summed E-state index contributed by atoms with van der Waals surface area (Å²) >= 11 is 4.54. The number of nitro benzene ring substituents is 1. The lowest BCUT2D eigenvalue weighted by atomic mass is 10.2. The van der Waals surface area contributed by atoms with Crippen molar-refractivity contribution >= 4 is 54.4 Å². The minimum Gasteiger partial charge on any atom is -0.258 e. The number of hydrogen-bond acceptors (Lipinski definition) is 8. The van der Waals surface area contributed by atoms with Gasteiger partial charge in [0.2, 0.25) is 5.11 Å². The summed E-state index contributed by atoms with van der Waals surface area (Å²) in [5.74, 6) is 0. The topological polar surface area (TPSA) is 142 Å². The van der Waals surface area contributed by atoms with Crippen molar-refractivity contribution in [3.05, 3.63) is 64.2 Å². The van der Waals surface area contributed by atoms with Gasteiger partial charge in [0.15, 0.2) is 0 Å². The van der Waals surface area contributed by atoms with Crippen LogP contribution < -0.4 is 8.61 Å². The van der Waals surface area contributed by atoms with Crippen LogP contribution in [-0.2, 0) is 20.0 Å². The zero-order chi connectivity index (χ0) is 27.0. The number of rotatable bonds is 5. The maximum Gasteiger partial charge on any atom is 0.517 e. The molecule has 2 rings (SSSR count). The predicted octanol–water partition coefficient (Wildman–Crippen LogP) is 3.76. The maximum atomic E-state index is 13.4. The highest BCUT2D eigenvalue weighted by atomic mass is 32.2. The van der Waals surface area contributed by atoms with Crippen LogP contribution in [0.15, 0.2) is 48.5 Å². The molecule has 0 heterocycles. The van der Waals surface area contributed by atoms with Gasteiger partial charge in [-0.2, -0.15) is 48.4 Å². The largest absolute Gasteiger partial charge is 0.517 e. The fraction of sp³-hybridized carbons (Fsp3) is 0.125. The van der Waals surface area contributed by atoms with Crippen molar-refractivity contribution in [1.29, 1.82) is 5.26 Å². The second-order valence-electron chi connectivity index (χ2n) is 6.15. The number of thiocarbonyl (C=S) groups is 1. The quantitative estimate of drug-likeness (QED) is 0.232. The third-order valence-electron chi connectivity index (χ3n) is 3.94. The van der Waals surface area contributed by atoms with Gasteiger partial charge in [-0.15, -0.1) is 0 Å². The molecule has 0 bridgehead atoms. The molecule has 0 aliphatic heterocycles.